The third-order valence-corrected chi connectivity index (χ3v) is 3.56. The van der Waals surface area contributed by atoms with Crippen LogP contribution in [0.15, 0.2) is 12.4 Å². The molecule has 100 valence electrons. The molecule has 1 aromatic rings. The highest BCUT2D eigenvalue weighted by molar-refractivity contribution is 5.83. The van der Waals surface area contributed by atoms with E-state index >= 15 is 0 Å². The number of rotatable bonds is 2. The Kier molecular flexibility index (Phi) is 3.43. The van der Waals surface area contributed by atoms with Crippen LogP contribution in [0.5, 0.6) is 0 Å². The van der Waals surface area contributed by atoms with Crippen LogP contribution in [-0.2, 0) is 11.8 Å². The van der Waals surface area contributed by atoms with E-state index in [9.17, 15) is 4.79 Å². The molecule has 2 heterocycles. The average molecular weight is 250 g/mol. The van der Waals surface area contributed by atoms with E-state index in [4.69, 9.17) is 5.73 Å². The van der Waals surface area contributed by atoms with Crippen molar-refractivity contribution in [3.8, 4) is 0 Å². The molecule has 18 heavy (non-hydrogen) atoms. The van der Waals surface area contributed by atoms with E-state index in [1.54, 1.807) is 17.1 Å². The van der Waals surface area contributed by atoms with Gasteiger partial charge in [0.2, 0.25) is 5.91 Å². The summed E-state index contributed by atoms with van der Waals surface area (Å²) in [6.07, 6.45) is 5.69. The van der Waals surface area contributed by atoms with Gasteiger partial charge >= 0.3 is 0 Å². The fourth-order valence-electron chi connectivity index (χ4n) is 2.55. The number of nitrogens with two attached hydrogens (primary N) is 1. The highest BCUT2D eigenvalue weighted by atomic mass is 16.2. The largest absolute Gasteiger partial charge is 0.341 e. The van der Waals surface area contributed by atoms with E-state index in [-0.39, 0.29) is 11.3 Å². The van der Waals surface area contributed by atoms with Gasteiger partial charge in [-0.1, -0.05) is 13.8 Å². The molecule has 0 bridgehead atoms. The van der Waals surface area contributed by atoms with Gasteiger partial charge in [0, 0.05) is 31.9 Å². The third kappa shape index (κ3) is 2.72. The van der Waals surface area contributed by atoms with Crippen molar-refractivity contribution in [2.24, 2.45) is 18.2 Å². The maximum Gasteiger partial charge on any atom is 0.244 e. The highest BCUT2D eigenvalue weighted by Gasteiger charge is 2.32. The summed E-state index contributed by atoms with van der Waals surface area (Å²) in [6, 6.07) is -0.590. The van der Waals surface area contributed by atoms with E-state index in [0.29, 0.717) is 0 Å². The summed E-state index contributed by atoms with van der Waals surface area (Å²) in [6.45, 7) is 6.00. The molecule has 0 aliphatic carbocycles. The zero-order valence-electron chi connectivity index (χ0n) is 11.4. The van der Waals surface area contributed by atoms with Gasteiger partial charge in [-0.3, -0.25) is 9.48 Å². The summed E-state index contributed by atoms with van der Waals surface area (Å²) >= 11 is 0. The van der Waals surface area contributed by atoms with Crippen molar-refractivity contribution >= 4 is 5.91 Å². The zero-order valence-corrected chi connectivity index (χ0v) is 11.4. The van der Waals surface area contributed by atoms with Gasteiger partial charge in [-0.05, 0) is 18.3 Å². The molecular formula is C13H22N4O. The molecule has 0 radical (unpaired) electrons. The Bertz CT molecular complexity index is 438. The molecule has 1 aliphatic rings. The minimum atomic E-state index is -0.590. The Morgan fingerprint density at radius 3 is 2.83 bits per heavy atom. The molecule has 1 amide bonds. The molecule has 1 unspecified atom stereocenters. The van der Waals surface area contributed by atoms with Gasteiger partial charge in [-0.15, -0.1) is 0 Å². The SMILES string of the molecule is Cn1cc(C(N)C(=O)N2CCCC(C)(C)C2)cn1. The van der Waals surface area contributed by atoms with E-state index in [1.807, 2.05) is 11.9 Å². The van der Waals surface area contributed by atoms with Crippen molar-refractivity contribution in [1.82, 2.24) is 14.7 Å². The topological polar surface area (TPSA) is 64.2 Å². The molecule has 1 aliphatic heterocycles. The predicted molar refractivity (Wildman–Crippen MR) is 69.7 cm³/mol. The molecule has 5 heteroatoms. The van der Waals surface area contributed by atoms with Crippen molar-refractivity contribution in [3.63, 3.8) is 0 Å². The number of aryl methyl sites for hydroxylation is 1. The molecule has 1 atom stereocenters. The Morgan fingerprint density at radius 1 is 1.56 bits per heavy atom. The second-order valence-corrected chi connectivity index (χ2v) is 5.95. The van der Waals surface area contributed by atoms with Crippen LogP contribution in [0.25, 0.3) is 0 Å². The lowest BCUT2D eigenvalue weighted by atomic mass is 9.84. The Hall–Kier alpha value is -1.36. The second kappa shape index (κ2) is 4.72. The van der Waals surface area contributed by atoms with Crippen LogP contribution < -0.4 is 5.73 Å². The fourth-order valence-corrected chi connectivity index (χ4v) is 2.55. The van der Waals surface area contributed by atoms with Crippen LogP contribution in [0.3, 0.4) is 0 Å². The first-order valence-corrected chi connectivity index (χ1v) is 6.42. The van der Waals surface area contributed by atoms with Gasteiger partial charge in [0.05, 0.1) is 6.20 Å². The molecule has 2 rings (SSSR count). The molecule has 1 aromatic heterocycles. The quantitative estimate of drug-likeness (QED) is 0.854. The van der Waals surface area contributed by atoms with E-state index in [0.717, 1.165) is 25.1 Å². The summed E-state index contributed by atoms with van der Waals surface area (Å²) < 4.78 is 1.67. The standard InChI is InChI=1S/C13H22N4O/c1-13(2)5-4-6-17(9-13)12(18)11(14)10-7-15-16(3)8-10/h7-8,11H,4-6,9,14H2,1-3H3. The zero-order chi connectivity index (χ0) is 13.3. The smallest absolute Gasteiger partial charge is 0.244 e. The number of hydrogen-bond donors (Lipinski definition) is 1. The third-order valence-electron chi connectivity index (χ3n) is 3.56. The number of piperidine rings is 1. The first kappa shape index (κ1) is 13.1. The molecule has 5 nitrogen and oxygen atoms in total. The van der Waals surface area contributed by atoms with Crippen LogP contribution in [0.4, 0.5) is 0 Å². The van der Waals surface area contributed by atoms with Gasteiger partial charge in [-0.25, -0.2) is 0 Å². The molecule has 0 aromatic carbocycles. The van der Waals surface area contributed by atoms with Crippen LogP contribution >= 0.6 is 0 Å². The highest BCUT2D eigenvalue weighted by Crippen LogP contribution is 2.29. The number of aromatic nitrogens is 2. The lowest BCUT2D eigenvalue weighted by molar-refractivity contribution is -0.135. The summed E-state index contributed by atoms with van der Waals surface area (Å²) in [5, 5.41) is 4.06. The first-order valence-electron chi connectivity index (χ1n) is 6.42. The van der Waals surface area contributed by atoms with Crippen molar-refractivity contribution in [1.29, 1.82) is 0 Å². The maximum atomic E-state index is 12.4. The van der Waals surface area contributed by atoms with Crippen molar-refractivity contribution in [2.75, 3.05) is 13.1 Å². The number of likely N-dealkylation sites (tertiary alicyclic amines) is 1. The van der Waals surface area contributed by atoms with E-state index in [1.165, 1.54) is 6.42 Å². The summed E-state index contributed by atoms with van der Waals surface area (Å²) in [5.41, 5.74) is 7.01. The Labute approximate surface area is 108 Å². The average Bonchev–Trinajstić information content (AvgIpc) is 2.72. The summed E-state index contributed by atoms with van der Waals surface area (Å²) in [4.78, 5) is 14.2. The monoisotopic (exact) mass is 250 g/mol. The predicted octanol–water partition coefficient (Wildman–Crippen LogP) is 1.07. The number of nitrogens with zero attached hydrogens (tertiary/aromatic N) is 3. The van der Waals surface area contributed by atoms with Crippen LogP contribution in [0, 0.1) is 5.41 Å². The molecular weight excluding hydrogens is 228 g/mol. The van der Waals surface area contributed by atoms with Crippen LogP contribution in [0.2, 0.25) is 0 Å². The van der Waals surface area contributed by atoms with Gasteiger partial charge in [0.1, 0.15) is 6.04 Å². The molecule has 1 fully saturated rings. The van der Waals surface area contributed by atoms with E-state index < -0.39 is 6.04 Å². The number of carbonyl (C=O) groups is 1. The summed E-state index contributed by atoms with van der Waals surface area (Å²) in [5.74, 6) is 0.00998. The van der Waals surface area contributed by atoms with Gasteiger partial charge in [0.15, 0.2) is 0 Å². The Balaban J connectivity index is 2.07. The maximum absolute atomic E-state index is 12.4. The molecule has 1 saturated heterocycles. The number of hydrogen-bond acceptors (Lipinski definition) is 3. The van der Waals surface area contributed by atoms with Gasteiger partial charge in [-0.2, -0.15) is 5.10 Å². The normalized spacial score (nSPS) is 20.8. The van der Waals surface area contributed by atoms with Gasteiger partial charge < -0.3 is 10.6 Å². The lowest BCUT2D eigenvalue weighted by Gasteiger charge is -2.39. The number of carbonyl (C=O) groups excluding carboxylic acids is 1. The molecule has 0 saturated carbocycles. The van der Waals surface area contributed by atoms with E-state index in [2.05, 4.69) is 18.9 Å². The number of amides is 1. The van der Waals surface area contributed by atoms with Crippen molar-refractivity contribution < 1.29 is 4.79 Å². The summed E-state index contributed by atoms with van der Waals surface area (Å²) in [7, 11) is 1.82. The van der Waals surface area contributed by atoms with Crippen LogP contribution in [0.1, 0.15) is 38.3 Å². The van der Waals surface area contributed by atoms with Gasteiger partial charge in [0.25, 0.3) is 0 Å². The second-order valence-electron chi connectivity index (χ2n) is 5.95. The van der Waals surface area contributed by atoms with Crippen LogP contribution in [-0.4, -0.2) is 33.7 Å². The fraction of sp³-hybridized carbons (Fsp3) is 0.692. The van der Waals surface area contributed by atoms with Crippen molar-refractivity contribution in [2.45, 2.75) is 32.7 Å². The first-order chi connectivity index (χ1) is 8.39. The van der Waals surface area contributed by atoms with Crippen molar-refractivity contribution in [3.05, 3.63) is 18.0 Å². The molecule has 0 spiro atoms. The Morgan fingerprint density at radius 2 is 2.28 bits per heavy atom. The minimum Gasteiger partial charge on any atom is -0.341 e. The molecule has 2 N–H and O–H groups in total. The lowest BCUT2D eigenvalue weighted by Crippen LogP contribution is -2.47. The minimum absolute atomic E-state index is 0.00998.